The summed E-state index contributed by atoms with van der Waals surface area (Å²) >= 11 is 6.11. The molecule has 0 N–H and O–H groups in total. The largest absolute Gasteiger partial charge is 0.490 e. The zero-order chi connectivity index (χ0) is 15.4. The van der Waals surface area contributed by atoms with Crippen LogP contribution in [-0.2, 0) is 0 Å². The molecule has 3 rings (SSSR count). The normalized spacial score (nSPS) is 27.4. The SMILES string of the molecule is N#Cc1ccc(O[C@@H]2CCCC[C@H]2C2C=CC=CC2)cc1Cl. The summed E-state index contributed by atoms with van der Waals surface area (Å²) in [6.07, 6.45) is 15.0. The third-order valence-electron chi connectivity index (χ3n) is 4.67. The Labute approximate surface area is 137 Å². The highest BCUT2D eigenvalue weighted by atomic mass is 35.5. The lowest BCUT2D eigenvalue weighted by Crippen LogP contribution is -2.35. The zero-order valence-electron chi connectivity index (χ0n) is 12.5. The maximum absolute atomic E-state index is 8.95. The van der Waals surface area contributed by atoms with Crippen LogP contribution < -0.4 is 4.74 Å². The highest BCUT2D eigenvalue weighted by molar-refractivity contribution is 6.31. The van der Waals surface area contributed by atoms with E-state index in [1.807, 2.05) is 6.07 Å². The van der Waals surface area contributed by atoms with Crippen LogP contribution in [-0.4, -0.2) is 6.10 Å². The molecule has 1 fully saturated rings. The fraction of sp³-hybridized carbons (Fsp3) is 0.421. The molecule has 0 amide bonds. The molecule has 0 heterocycles. The van der Waals surface area contributed by atoms with Gasteiger partial charge in [-0.15, -0.1) is 0 Å². The Balaban J connectivity index is 1.74. The Morgan fingerprint density at radius 1 is 1.18 bits per heavy atom. The third-order valence-corrected chi connectivity index (χ3v) is 4.98. The first kappa shape index (κ1) is 15.2. The van der Waals surface area contributed by atoms with Crippen molar-refractivity contribution in [1.82, 2.24) is 0 Å². The molecule has 1 aromatic carbocycles. The summed E-state index contributed by atoms with van der Waals surface area (Å²) in [5.41, 5.74) is 0.495. The minimum Gasteiger partial charge on any atom is -0.490 e. The van der Waals surface area contributed by atoms with E-state index < -0.39 is 0 Å². The minimum atomic E-state index is 0.235. The van der Waals surface area contributed by atoms with Crippen molar-refractivity contribution in [3.8, 4) is 11.8 Å². The van der Waals surface area contributed by atoms with E-state index in [1.54, 1.807) is 12.1 Å². The van der Waals surface area contributed by atoms with Gasteiger partial charge in [-0.25, -0.2) is 0 Å². The van der Waals surface area contributed by atoms with Crippen molar-refractivity contribution in [1.29, 1.82) is 5.26 Å². The number of nitriles is 1. The molecular weight excluding hydrogens is 294 g/mol. The van der Waals surface area contributed by atoms with E-state index in [2.05, 4.69) is 30.4 Å². The second-order valence-electron chi connectivity index (χ2n) is 6.07. The lowest BCUT2D eigenvalue weighted by atomic mass is 9.75. The van der Waals surface area contributed by atoms with E-state index in [0.717, 1.165) is 18.6 Å². The molecule has 0 bridgehead atoms. The van der Waals surface area contributed by atoms with E-state index in [1.165, 1.54) is 19.3 Å². The summed E-state index contributed by atoms with van der Waals surface area (Å²) in [5, 5.41) is 9.42. The Morgan fingerprint density at radius 3 is 2.77 bits per heavy atom. The van der Waals surface area contributed by atoms with Gasteiger partial charge in [-0.2, -0.15) is 5.26 Å². The number of halogens is 1. The van der Waals surface area contributed by atoms with Crippen LogP contribution in [0.25, 0.3) is 0 Å². The van der Waals surface area contributed by atoms with Gasteiger partial charge in [0.2, 0.25) is 0 Å². The lowest BCUT2D eigenvalue weighted by Gasteiger charge is -2.36. The molecule has 2 aliphatic rings. The smallest absolute Gasteiger partial charge is 0.121 e. The molecule has 1 aromatic rings. The summed E-state index contributed by atoms with van der Waals surface area (Å²) in [6.45, 7) is 0. The van der Waals surface area contributed by atoms with Crippen LogP contribution in [0, 0.1) is 23.2 Å². The fourth-order valence-electron chi connectivity index (χ4n) is 3.51. The first-order chi connectivity index (χ1) is 10.8. The van der Waals surface area contributed by atoms with Gasteiger partial charge in [-0.3, -0.25) is 0 Å². The zero-order valence-corrected chi connectivity index (χ0v) is 13.3. The van der Waals surface area contributed by atoms with E-state index >= 15 is 0 Å². The summed E-state index contributed by atoms with van der Waals surface area (Å²) in [5.74, 6) is 1.91. The van der Waals surface area contributed by atoms with Gasteiger partial charge in [-0.05, 0) is 43.7 Å². The van der Waals surface area contributed by atoms with Crippen molar-refractivity contribution in [3.05, 3.63) is 53.1 Å². The predicted octanol–water partition coefficient (Wildman–Crippen LogP) is 5.28. The van der Waals surface area contributed by atoms with Gasteiger partial charge < -0.3 is 4.74 Å². The van der Waals surface area contributed by atoms with E-state index in [0.29, 0.717) is 22.4 Å². The summed E-state index contributed by atoms with van der Waals surface area (Å²) in [7, 11) is 0. The minimum absolute atomic E-state index is 0.235. The number of allylic oxidation sites excluding steroid dienone is 4. The standard InChI is InChI=1S/C19H20ClNO/c20-18-12-16(11-10-15(18)13-21)22-19-9-5-4-8-17(19)14-6-2-1-3-7-14/h1-3,6,10-12,14,17,19H,4-5,7-9H2/t14?,17-,19+/m0/s1. The fourth-order valence-corrected chi connectivity index (χ4v) is 3.73. The molecule has 0 saturated heterocycles. The molecule has 0 aromatic heterocycles. The quantitative estimate of drug-likeness (QED) is 0.760. The van der Waals surface area contributed by atoms with Crippen LogP contribution in [0.4, 0.5) is 0 Å². The van der Waals surface area contributed by atoms with Gasteiger partial charge in [0.15, 0.2) is 0 Å². The third kappa shape index (κ3) is 3.36. The molecular formula is C19H20ClNO. The second kappa shape index (κ2) is 7.03. The summed E-state index contributed by atoms with van der Waals surface area (Å²) < 4.78 is 6.25. The Hall–Kier alpha value is -1.72. The molecule has 0 spiro atoms. The monoisotopic (exact) mass is 313 g/mol. The number of hydrogen-bond acceptors (Lipinski definition) is 2. The first-order valence-corrected chi connectivity index (χ1v) is 8.35. The topological polar surface area (TPSA) is 33.0 Å². The van der Waals surface area contributed by atoms with Gasteiger partial charge in [-0.1, -0.05) is 42.3 Å². The number of benzene rings is 1. The Bertz CT molecular complexity index is 629. The van der Waals surface area contributed by atoms with Crippen molar-refractivity contribution < 1.29 is 4.74 Å². The highest BCUT2D eigenvalue weighted by Crippen LogP contribution is 2.37. The number of nitrogens with zero attached hydrogens (tertiary/aromatic N) is 1. The van der Waals surface area contributed by atoms with Gasteiger partial charge in [0, 0.05) is 12.0 Å². The number of hydrogen-bond donors (Lipinski definition) is 0. The van der Waals surface area contributed by atoms with Crippen molar-refractivity contribution >= 4 is 11.6 Å². The molecule has 1 saturated carbocycles. The molecule has 3 heteroatoms. The molecule has 2 nitrogen and oxygen atoms in total. The van der Waals surface area contributed by atoms with Gasteiger partial charge in [0.25, 0.3) is 0 Å². The van der Waals surface area contributed by atoms with Crippen LogP contribution >= 0.6 is 11.6 Å². The van der Waals surface area contributed by atoms with Crippen LogP contribution in [0.1, 0.15) is 37.7 Å². The van der Waals surface area contributed by atoms with Crippen LogP contribution in [0.3, 0.4) is 0 Å². The highest BCUT2D eigenvalue weighted by Gasteiger charge is 2.32. The maximum atomic E-state index is 8.95. The van der Waals surface area contributed by atoms with Gasteiger partial charge >= 0.3 is 0 Å². The van der Waals surface area contributed by atoms with Crippen molar-refractivity contribution in [2.24, 2.45) is 11.8 Å². The van der Waals surface area contributed by atoms with Crippen LogP contribution in [0.5, 0.6) is 5.75 Å². The molecule has 1 unspecified atom stereocenters. The van der Waals surface area contributed by atoms with E-state index in [4.69, 9.17) is 21.6 Å². The summed E-state index contributed by atoms with van der Waals surface area (Å²) in [6, 6.07) is 7.44. The van der Waals surface area contributed by atoms with Gasteiger partial charge in [0.05, 0.1) is 10.6 Å². The molecule has 0 aliphatic heterocycles. The van der Waals surface area contributed by atoms with Crippen molar-refractivity contribution in [2.75, 3.05) is 0 Å². The number of rotatable bonds is 3. The van der Waals surface area contributed by atoms with Crippen LogP contribution in [0.2, 0.25) is 5.02 Å². The van der Waals surface area contributed by atoms with Gasteiger partial charge in [0.1, 0.15) is 17.9 Å². The molecule has 114 valence electrons. The molecule has 3 atom stereocenters. The average molecular weight is 314 g/mol. The van der Waals surface area contributed by atoms with Crippen molar-refractivity contribution in [2.45, 2.75) is 38.2 Å². The molecule has 22 heavy (non-hydrogen) atoms. The Morgan fingerprint density at radius 2 is 2.05 bits per heavy atom. The first-order valence-electron chi connectivity index (χ1n) is 7.97. The molecule has 0 radical (unpaired) electrons. The van der Waals surface area contributed by atoms with Crippen LogP contribution in [0.15, 0.2) is 42.5 Å². The predicted molar refractivity (Wildman–Crippen MR) is 88.9 cm³/mol. The van der Waals surface area contributed by atoms with E-state index in [9.17, 15) is 0 Å². The summed E-state index contributed by atoms with van der Waals surface area (Å²) in [4.78, 5) is 0. The number of ether oxygens (including phenoxy) is 1. The van der Waals surface area contributed by atoms with Crippen molar-refractivity contribution in [3.63, 3.8) is 0 Å². The lowest BCUT2D eigenvalue weighted by molar-refractivity contribution is 0.0692. The second-order valence-corrected chi connectivity index (χ2v) is 6.48. The molecule has 2 aliphatic carbocycles. The average Bonchev–Trinajstić information content (AvgIpc) is 2.56. The maximum Gasteiger partial charge on any atom is 0.121 e. The Kier molecular flexibility index (Phi) is 4.85. The van der Waals surface area contributed by atoms with E-state index in [-0.39, 0.29) is 6.10 Å².